The van der Waals surface area contributed by atoms with E-state index in [9.17, 15) is 4.79 Å². The van der Waals surface area contributed by atoms with Crippen LogP contribution in [-0.2, 0) is 0 Å². The summed E-state index contributed by atoms with van der Waals surface area (Å²) >= 11 is 0. The molecule has 1 aromatic carbocycles. The van der Waals surface area contributed by atoms with Crippen molar-refractivity contribution in [2.75, 3.05) is 18.1 Å². The minimum absolute atomic E-state index is 0.118. The molecule has 0 aliphatic heterocycles. The van der Waals surface area contributed by atoms with E-state index in [0.717, 1.165) is 12.1 Å². The summed E-state index contributed by atoms with van der Waals surface area (Å²) < 4.78 is 0. The van der Waals surface area contributed by atoms with Crippen molar-refractivity contribution in [2.45, 2.75) is 39.2 Å². The van der Waals surface area contributed by atoms with Crippen LogP contribution in [0.4, 0.5) is 11.4 Å². The number of hydrogen-bond donors (Lipinski definition) is 3. The van der Waals surface area contributed by atoms with Crippen LogP contribution in [0, 0.1) is 0 Å². The van der Waals surface area contributed by atoms with Crippen LogP contribution in [-0.4, -0.2) is 19.0 Å². The van der Waals surface area contributed by atoms with Gasteiger partial charge >= 0.3 is 0 Å². The summed E-state index contributed by atoms with van der Waals surface area (Å²) in [4.78, 5) is 11.5. The number of rotatable bonds is 6. The van der Waals surface area contributed by atoms with Crippen LogP contribution in [0.5, 0.6) is 0 Å². The van der Waals surface area contributed by atoms with E-state index in [1.165, 1.54) is 12.8 Å². The van der Waals surface area contributed by atoms with E-state index in [2.05, 4.69) is 24.5 Å². The summed E-state index contributed by atoms with van der Waals surface area (Å²) in [6.45, 7) is 4.32. The van der Waals surface area contributed by atoms with Crippen molar-refractivity contribution in [3.63, 3.8) is 0 Å². The third kappa shape index (κ3) is 3.95. The second-order valence-corrected chi connectivity index (χ2v) is 4.57. The fraction of sp³-hybridized carbons (Fsp3) is 0.500. The zero-order valence-electron chi connectivity index (χ0n) is 11.4. The number of anilines is 2. The number of nitrogen functional groups attached to an aromatic ring is 1. The zero-order chi connectivity index (χ0) is 13.5. The van der Waals surface area contributed by atoms with E-state index >= 15 is 0 Å². The molecular weight excluding hydrogens is 226 g/mol. The number of carbonyl (C=O) groups is 1. The lowest BCUT2D eigenvalue weighted by molar-refractivity contribution is 0.0963. The number of nitrogens with one attached hydrogen (secondary N) is 2. The van der Waals surface area contributed by atoms with Gasteiger partial charge in [0.1, 0.15) is 0 Å². The third-order valence-corrected chi connectivity index (χ3v) is 2.93. The third-order valence-electron chi connectivity index (χ3n) is 2.93. The van der Waals surface area contributed by atoms with Crippen molar-refractivity contribution in [1.29, 1.82) is 0 Å². The summed E-state index contributed by atoms with van der Waals surface area (Å²) in [6, 6.07) is 5.73. The molecule has 4 heteroatoms. The van der Waals surface area contributed by atoms with Gasteiger partial charge in [0.15, 0.2) is 0 Å². The first-order chi connectivity index (χ1) is 8.58. The normalized spacial score (nSPS) is 11.9. The molecule has 0 bridgehead atoms. The maximum atomic E-state index is 11.5. The van der Waals surface area contributed by atoms with E-state index in [4.69, 9.17) is 5.73 Å². The molecule has 100 valence electrons. The molecule has 0 aliphatic carbocycles. The topological polar surface area (TPSA) is 67.2 Å². The van der Waals surface area contributed by atoms with Gasteiger partial charge < -0.3 is 16.4 Å². The molecule has 0 heterocycles. The second-order valence-electron chi connectivity index (χ2n) is 4.57. The maximum Gasteiger partial charge on any atom is 0.251 e. The van der Waals surface area contributed by atoms with Gasteiger partial charge in [-0.15, -0.1) is 0 Å². The predicted molar refractivity (Wildman–Crippen MR) is 76.9 cm³/mol. The highest BCUT2D eigenvalue weighted by atomic mass is 16.1. The molecule has 1 atom stereocenters. The lowest BCUT2D eigenvalue weighted by Gasteiger charge is -2.17. The Bertz CT molecular complexity index is 404. The molecular formula is C14H23N3O. The van der Waals surface area contributed by atoms with Crippen LogP contribution >= 0.6 is 0 Å². The van der Waals surface area contributed by atoms with Crippen molar-refractivity contribution in [1.82, 2.24) is 5.32 Å². The Hall–Kier alpha value is -1.71. The smallest absolute Gasteiger partial charge is 0.251 e. The Kier molecular flexibility index (Phi) is 5.49. The molecule has 0 radical (unpaired) electrons. The van der Waals surface area contributed by atoms with Gasteiger partial charge in [-0.2, -0.15) is 0 Å². The molecule has 4 N–H and O–H groups in total. The zero-order valence-corrected chi connectivity index (χ0v) is 11.4. The van der Waals surface area contributed by atoms with Crippen molar-refractivity contribution in [3.05, 3.63) is 23.8 Å². The quantitative estimate of drug-likeness (QED) is 0.679. The van der Waals surface area contributed by atoms with E-state index < -0.39 is 0 Å². The summed E-state index contributed by atoms with van der Waals surface area (Å²) in [5.41, 5.74) is 8.04. The van der Waals surface area contributed by atoms with Crippen molar-refractivity contribution < 1.29 is 4.79 Å². The van der Waals surface area contributed by atoms with Crippen LogP contribution in [0.2, 0.25) is 0 Å². The van der Waals surface area contributed by atoms with Gasteiger partial charge in [0, 0.05) is 18.7 Å². The number of nitrogens with two attached hydrogens (primary N) is 1. The Morgan fingerprint density at radius 2 is 2.17 bits per heavy atom. The van der Waals surface area contributed by atoms with Gasteiger partial charge in [-0.25, -0.2) is 0 Å². The minimum atomic E-state index is -0.118. The van der Waals surface area contributed by atoms with Crippen LogP contribution in [0.25, 0.3) is 0 Å². The van der Waals surface area contributed by atoms with Crippen molar-refractivity contribution in [2.24, 2.45) is 0 Å². The number of carbonyl (C=O) groups excluding carboxylic acids is 1. The fourth-order valence-corrected chi connectivity index (χ4v) is 1.83. The first-order valence-corrected chi connectivity index (χ1v) is 6.46. The average Bonchev–Trinajstić information content (AvgIpc) is 2.37. The van der Waals surface area contributed by atoms with Gasteiger partial charge in [-0.3, -0.25) is 4.79 Å². The highest BCUT2D eigenvalue weighted by Gasteiger charge is 2.08. The van der Waals surface area contributed by atoms with Gasteiger partial charge in [-0.1, -0.05) is 19.8 Å². The molecule has 1 rings (SSSR count). The van der Waals surface area contributed by atoms with Crippen LogP contribution in [0.15, 0.2) is 18.2 Å². The molecule has 0 aromatic heterocycles. The van der Waals surface area contributed by atoms with Gasteiger partial charge in [0.25, 0.3) is 5.91 Å². The Balaban J connectivity index is 2.70. The lowest BCUT2D eigenvalue weighted by Crippen LogP contribution is -2.19. The molecule has 0 saturated carbocycles. The first kappa shape index (κ1) is 14.4. The molecule has 0 spiro atoms. The van der Waals surface area contributed by atoms with Crippen LogP contribution < -0.4 is 16.4 Å². The number of amides is 1. The molecule has 4 nitrogen and oxygen atoms in total. The largest absolute Gasteiger partial charge is 0.397 e. The van der Waals surface area contributed by atoms with Gasteiger partial charge in [-0.05, 0) is 31.5 Å². The van der Waals surface area contributed by atoms with Gasteiger partial charge in [0.2, 0.25) is 0 Å². The molecule has 1 amide bonds. The summed E-state index contributed by atoms with van der Waals surface area (Å²) in [5, 5.41) is 5.95. The molecule has 1 unspecified atom stereocenters. The highest BCUT2D eigenvalue weighted by molar-refractivity contribution is 5.95. The Morgan fingerprint density at radius 1 is 1.44 bits per heavy atom. The maximum absolute atomic E-state index is 11.5. The average molecular weight is 249 g/mol. The predicted octanol–water partition coefficient (Wildman–Crippen LogP) is 2.62. The minimum Gasteiger partial charge on any atom is -0.397 e. The molecule has 18 heavy (non-hydrogen) atoms. The van der Waals surface area contributed by atoms with E-state index in [1.54, 1.807) is 19.2 Å². The monoisotopic (exact) mass is 249 g/mol. The number of unbranched alkanes of at least 4 members (excludes halogenated alkanes) is 1. The second kappa shape index (κ2) is 6.89. The summed E-state index contributed by atoms with van der Waals surface area (Å²) in [7, 11) is 1.61. The molecule has 0 saturated heterocycles. The van der Waals surface area contributed by atoms with Crippen molar-refractivity contribution in [3.8, 4) is 0 Å². The summed E-state index contributed by atoms with van der Waals surface area (Å²) in [5.74, 6) is -0.118. The number of hydrogen-bond acceptors (Lipinski definition) is 3. The standard InChI is InChI=1S/C14H23N3O/c1-4-5-6-10(2)17-13-8-7-11(9-12(13)15)14(18)16-3/h7-10,17H,4-6,15H2,1-3H3,(H,16,18). The Morgan fingerprint density at radius 3 is 2.72 bits per heavy atom. The van der Waals surface area contributed by atoms with E-state index in [1.807, 2.05) is 6.07 Å². The van der Waals surface area contributed by atoms with Crippen LogP contribution in [0.1, 0.15) is 43.5 Å². The Labute approximate surface area is 109 Å². The summed E-state index contributed by atoms with van der Waals surface area (Å²) in [6.07, 6.45) is 3.51. The SMILES string of the molecule is CCCCC(C)Nc1ccc(C(=O)NC)cc1N. The molecule has 1 aromatic rings. The first-order valence-electron chi connectivity index (χ1n) is 6.46. The van der Waals surface area contributed by atoms with Crippen molar-refractivity contribution >= 4 is 17.3 Å². The molecule has 0 aliphatic rings. The lowest BCUT2D eigenvalue weighted by atomic mass is 10.1. The van der Waals surface area contributed by atoms with Crippen LogP contribution in [0.3, 0.4) is 0 Å². The highest BCUT2D eigenvalue weighted by Crippen LogP contribution is 2.21. The molecule has 0 fully saturated rings. The van der Waals surface area contributed by atoms with E-state index in [-0.39, 0.29) is 5.91 Å². The van der Waals surface area contributed by atoms with E-state index in [0.29, 0.717) is 17.3 Å². The fourth-order valence-electron chi connectivity index (χ4n) is 1.83. The van der Waals surface area contributed by atoms with Gasteiger partial charge in [0.05, 0.1) is 11.4 Å². The number of benzene rings is 1.